The van der Waals surface area contributed by atoms with E-state index >= 15 is 0 Å². The van der Waals surface area contributed by atoms with Gasteiger partial charge in [-0.3, -0.25) is 0 Å². The zero-order chi connectivity index (χ0) is 14.4. The lowest BCUT2D eigenvalue weighted by Gasteiger charge is -2.37. The normalized spacial score (nSPS) is 31.4. The summed E-state index contributed by atoms with van der Waals surface area (Å²) in [6.07, 6.45) is 7.57. The monoisotopic (exact) mass is 284 g/mol. The smallest absolute Gasteiger partial charge is 0.0900 e. The van der Waals surface area contributed by atoms with Crippen molar-refractivity contribution in [1.82, 2.24) is 10.2 Å². The van der Waals surface area contributed by atoms with Crippen LogP contribution >= 0.6 is 0 Å². The van der Waals surface area contributed by atoms with E-state index in [0.29, 0.717) is 12.6 Å². The van der Waals surface area contributed by atoms with Gasteiger partial charge in [0.1, 0.15) is 0 Å². The van der Waals surface area contributed by atoms with Crippen molar-refractivity contribution in [3.05, 3.63) is 0 Å². The van der Waals surface area contributed by atoms with E-state index in [4.69, 9.17) is 4.74 Å². The van der Waals surface area contributed by atoms with Gasteiger partial charge in [-0.2, -0.15) is 0 Å². The Morgan fingerprint density at radius 3 is 2.30 bits per heavy atom. The number of methoxy groups -OCH3 is 1. The van der Waals surface area contributed by atoms with Crippen molar-refractivity contribution in [3.63, 3.8) is 0 Å². The summed E-state index contributed by atoms with van der Waals surface area (Å²) < 4.78 is 4.99. The molecule has 20 heavy (non-hydrogen) atoms. The third-order valence-electron chi connectivity index (χ3n) is 4.90. The molecule has 2 aliphatic rings. The summed E-state index contributed by atoms with van der Waals surface area (Å²) in [6.45, 7) is 5.77. The highest BCUT2D eigenvalue weighted by atomic mass is 16.5. The summed E-state index contributed by atoms with van der Waals surface area (Å²) in [5, 5.41) is 13.6. The molecule has 118 valence electrons. The van der Waals surface area contributed by atoms with E-state index in [9.17, 15) is 5.11 Å². The molecule has 1 heterocycles. The molecule has 0 radical (unpaired) electrons. The lowest BCUT2D eigenvalue weighted by atomic mass is 9.86. The molecule has 1 aliphatic carbocycles. The maximum Gasteiger partial charge on any atom is 0.0900 e. The van der Waals surface area contributed by atoms with E-state index in [-0.39, 0.29) is 6.10 Å². The van der Waals surface area contributed by atoms with Crippen molar-refractivity contribution in [3.8, 4) is 0 Å². The highest BCUT2D eigenvalue weighted by Gasteiger charge is 2.24. The van der Waals surface area contributed by atoms with Crippen LogP contribution in [0.3, 0.4) is 0 Å². The minimum absolute atomic E-state index is 0.343. The number of piperidine rings is 1. The summed E-state index contributed by atoms with van der Waals surface area (Å²) >= 11 is 0. The second-order valence-electron chi connectivity index (χ2n) is 6.81. The van der Waals surface area contributed by atoms with Crippen LogP contribution in [0, 0.1) is 5.92 Å². The molecule has 1 aliphatic heterocycles. The van der Waals surface area contributed by atoms with Crippen LogP contribution in [0.15, 0.2) is 0 Å². The number of nitrogens with zero attached hydrogens (tertiary/aromatic N) is 1. The number of hydrogen-bond acceptors (Lipinski definition) is 4. The molecule has 2 fully saturated rings. The Morgan fingerprint density at radius 2 is 1.70 bits per heavy atom. The summed E-state index contributed by atoms with van der Waals surface area (Å²) in [6, 6.07) is 1.44. The Labute approximate surface area is 123 Å². The van der Waals surface area contributed by atoms with Gasteiger partial charge in [-0.25, -0.2) is 0 Å². The molecule has 0 spiro atoms. The first kappa shape index (κ1) is 16.2. The van der Waals surface area contributed by atoms with Crippen molar-refractivity contribution in [2.24, 2.45) is 5.92 Å². The Hall–Kier alpha value is -0.160. The van der Waals surface area contributed by atoms with Crippen LogP contribution < -0.4 is 5.32 Å². The fourth-order valence-corrected chi connectivity index (χ4v) is 3.59. The van der Waals surface area contributed by atoms with Gasteiger partial charge in [0.2, 0.25) is 0 Å². The molecule has 1 saturated heterocycles. The minimum Gasteiger partial charge on any atom is -0.389 e. The molecule has 4 heteroatoms. The molecule has 0 aromatic carbocycles. The van der Waals surface area contributed by atoms with E-state index in [1.807, 2.05) is 0 Å². The fraction of sp³-hybridized carbons (Fsp3) is 1.00. The van der Waals surface area contributed by atoms with Crippen molar-refractivity contribution < 1.29 is 9.84 Å². The van der Waals surface area contributed by atoms with E-state index in [1.54, 1.807) is 7.11 Å². The number of rotatable bonds is 6. The average molecular weight is 284 g/mol. The van der Waals surface area contributed by atoms with Gasteiger partial charge in [-0.05, 0) is 57.5 Å². The largest absolute Gasteiger partial charge is 0.389 e. The third kappa shape index (κ3) is 5.32. The quantitative estimate of drug-likeness (QED) is 0.778. The Morgan fingerprint density at radius 1 is 1.10 bits per heavy atom. The van der Waals surface area contributed by atoms with Crippen LogP contribution in [0.4, 0.5) is 0 Å². The lowest BCUT2D eigenvalue weighted by Crippen LogP contribution is -2.48. The topological polar surface area (TPSA) is 44.7 Å². The molecule has 0 amide bonds. The molecule has 4 nitrogen and oxygen atoms in total. The lowest BCUT2D eigenvalue weighted by molar-refractivity contribution is 0.0304. The molecule has 2 rings (SSSR count). The zero-order valence-electron chi connectivity index (χ0n) is 13.2. The summed E-state index contributed by atoms with van der Waals surface area (Å²) in [4.78, 5) is 2.37. The maximum atomic E-state index is 9.77. The Kier molecular flexibility index (Phi) is 6.75. The Bertz CT molecular complexity index is 259. The first-order valence-corrected chi connectivity index (χ1v) is 8.32. The Balaban J connectivity index is 1.61. The third-order valence-corrected chi connectivity index (χ3v) is 4.90. The first-order valence-electron chi connectivity index (χ1n) is 8.32. The molecule has 1 saturated carbocycles. The number of aliphatic hydroxyl groups is 1. The highest BCUT2D eigenvalue weighted by Crippen LogP contribution is 2.24. The van der Waals surface area contributed by atoms with E-state index in [2.05, 4.69) is 17.1 Å². The molecule has 0 bridgehead atoms. The fourth-order valence-electron chi connectivity index (χ4n) is 3.59. The van der Waals surface area contributed by atoms with Crippen LogP contribution in [-0.2, 0) is 4.74 Å². The van der Waals surface area contributed by atoms with E-state index in [0.717, 1.165) is 31.6 Å². The van der Waals surface area contributed by atoms with Crippen molar-refractivity contribution >= 4 is 0 Å². The standard InChI is InChI=1S/C16H32N2O2/c1-13-3-5-14(6-4-13)17-15-7-9-18(10-8-15)11-16(19)12-20-2/h13-17,19H,3-12H2,1-2H3. The van der Waals surface area contributed by atoms with Crippen molar-refractivity contribution in [2.75, 3.05) is 33.4 Å². The number of β-amino-alcohol motifs (C(OH)–C–C–N with tert-alkyl or cyclic N) is 1. The molecule has 0 aromatic heterocycles. The van der Waals surface area contributed by atoms with Crippen LogP contribution in [0.25, 0.3) is 0 Å². The van der Waals surface area contributed by atoms with Crippen LogP contribution in [-0.4, -0.2) is 61.5 Å². The predicted molar refractivity (Wildman–Crippen MR) is 81.9 cm³/mol. The minimum atomic E-state index is -0.343. The van der Waals surface area contributed by atoms with Gasteiger partial charge in [0.25, 0.3) is 0 Å². The molecule has 1 atom stereocenters. The van der Waals surface area contributed by atoms with Gasteiger partial charge in [0, 0.05) is 25.7 Å². The average Bonchev–Trinajstić information content (AvgIpc) is 2.44. The summed E-state index contributed by atoms with van der Waals surface area (Å²) in [7, 11) is 1.64. The van der Waals surface area contributed by atoms with Crippen LogP contribution in [0.1, 0.15) is 45.4 Å². The van der Waals surface area contributed by atoms with Gasteiger partial charge >= 0.3 is 0 Å². The predicted octanol–water partition coefficient (Wildman–Crippen LogP) is 1.63. The van der Waals surface area contributed by atoms with E-state index < -0.39 is 0 Å². The molecule has 1 unspecified atom stereocenters. The van der Waals surface area contributed by atoms with Crippen molar-refractivity contribution in [1.29, 1.82) is 0 Å². The summed E-state index contributed by atoms with van der Waals surface area (Å²) in [5.74, 6) is 0.928. The highest BCUT2D eigenvalue weighted by molar-refractivity contribution is 4.83. The number of ether oxygens (including phenoxy) is 1. The number of nitrogens with one attached hydrogen (secondary N) is 1. The molecule has 2 N–H and O–H groups in total. The number of aliphatic hydroxyl groups excluding tert-OH is 1. The van der Waals surface area contributed by atoms with Gasteiger partial charge < -0.3 is 20.1 Å². The zero-order valence-corrected chi connectivity index (χ0v) is 13.2. The first-order chi connectivity index (χ1) is 9.67. The van der Waals surface area contributed by atoms with Gasteiger partial charge in [0.15, 0.2) is 0 Å². The van der Waals surface area contributed by atoms with Crippen LogP contribution in [0.2, 0.25) is 0 Å². The van der Waals surface area contributed by atoms with Gasteiger partial charge in [-0.1, -0.05) is 6.92 Å². The summed E-state index contributed by atoms with van der Waals surface area (Å²) in [5.41, 5.74) is 0. The van der Waals surface area contributed by atoms with Crippen molar-refractivity contribution in [2.45, 2.75) is 63.6 Å². The molecule has 0 aromatic rings. The van der Waals surface area contributed by atoms with Gasteiger partial charge in [0.05, 0.1) is 12.7 Å². The molecular weight excluding hydrogens is 252 g/mol. The van der Waals surface area contributed by atoms with Crippen LogP contribution in [0.5, 0.6) is 0 Å². The second kappa shape index (κ2) is 8.32. The maximum absolute atomic E-state index is 9.77. The SMILES string of the molecule is COCC(O)CN1CCC(NC2CCC(C)CC2)CC1. The van der Waals surface area contributed by atoms with Gasteiger partial charge in [-0.15, -0.1) is 0 Å². The second-order valence-corrected chi connectivity index (χ2v) is 6.81. The van der Waals surface area contributed by atoms with E-state index in [1.165, 1.54) is 38.5 Å². The molecular formula is C16H32N2O2. The number of likely N-dealkylation sites (tertiary alicyclic amines) is 1. The number of hydrogen-bond donors (Lipinski definition) is 2.